The first-order valence-electron chi connectivity index (χ1n) is 8.02. The number of ether oxygens (including phenoxy) is 1. The summed E-state index contributed by atoms with van der Waals surface area (Å²) >= 11 is 12.1. The minimum absolute atomic E-state index is 0.415. The molecule has 0 amide bonds. The van der Waals surface area contributed by atoms with Gasteiger partial charge >= 0.3 is 0 Å². The van der Waals surface area contributed by atoms with Crippen molar-refractivity contribution in [3.63, 3.8) is 0 Å². The maximum absolute atomic E-state index is 6.16. The average Bonchev–Trinajstić information content (AvgIpc) is 2.52. The van der Waals surface area contributed by atoms with Gasteiger partial charge in [-0.3, -0.25) is 0 Å². The summed E-state index contributed by atoms with van der Waals surface area (Å²) in [6.07, 6.45) is 0. The molecular weight excluding hydrogens is 327 g/mol. The van der Waals surface area contributed by atoms with Crippen LogP contribution in [0.5, 0.6) is 5.75 Å². The Labute approximate surface area is 149 Å². The van der Waals surface area contributed by atoms with Crippen LogP contribution in [0.1, 0.15) is 61.8 Å². The van der Waals surface area contributed by atoms with E-state index in [9.17, 15) is 0 Å². The molecule has 0 aliphatic rings. The van der Waals surface area contributed by atoms with Crippen LogP contribution in [0.15, 0.2) is 36.4 Å². The topological polar surface area (TPSA) is 9.23 Å². The third kappa shape index (κ3) is 4.65. The first-order valence-corrected chi connectivity index (χ1v) is 8.93. The number of hydrogen-bond acceptors (Lipinski definition) is 1. The molecule has 0 spiro atoms. The Hall–Kier alpha value is -1.18. The van der Waals surface area contributed by atoms with Gasteiger partial charge in [0.25, 0.3) is 0 Å². The third-order valence-electron chi connectivity index (χ3n) is 4.02. The molecule has 0 aliphatic carbocycles. The maximum atomic E-state index is 6.16. The van der Waals surface area contributed by atoms with Gasteiger partial charge in [-0.2, -0.15) is 0 Å². The van der Waals surface area contributed by atoms with Crippen molar-refractivity contribution >= 4 is 23.2 Å². The van der Waals surface area contributed by atoms with E-state index in [0.29, 0.717) is 29.3 Å². The Morgan fingerprint density at radius 2 is 1.65 bits per heavy atom. The summed E-state index contributed by atoms with van der Waals surface area (Å²) in [5.41, 5.74) is 4.61. The zero-order valence-electron chi connectivity index (χ0n) is 14.2. The second kappa shape index (κ2) is 8.08. The standard InChI is InChI=1S/C20H24Cl2O/c1-13(2)15-6-8-19(14(3)4)20(10-15)23-12-17-9-18(22)7-5-16(17)11-21/h5-10,13-14H,11-12H2,1-4H3. The van der Waals surface area contributed by atoms with Gasteiger partial charge in [0.05, 0.1) is 0 Å². The fourth-order valence-electron chi connectivity index (χ4n) is 2.53. The fraction of sp³-hybridized carbons (Fsp3) is 0.400. The molecule has 0 aromatic heterocycles. The van der Waals surface area contributed by atoms with E-state index in [1.54, 1.807) is 0 Å². The van der Waals surface area contributed by atoms with Gasteiger partial charge in [-0.15, -0.1) is 11.6 Å². The van der Waals surface area contributed by atoms with Crippen LogP contribution in [0.3, 0.4) is 0 Å². The molecule has 0 fully saturated rings. The molecule has 2 aromatic rings. The zero-order chi connectivity index (χ0) is 17.0. The molecule has 3 heteroatoms. The van der Waals surface area contributed by atoms with E-state index >= 15 is 0 Å². The first kappa shape index (κ1) is 18.2. The predicted molar refractivity (Wildman–Crippen MR) is 100.0 cm³/mol. The predicted octanol–water partition coefficient (Wildman–Crippen LogP) is 6.90. The molecule has 0 radical (unpaired) electrons. The van der Waals surface area contributed by atoms with Gasteiger partial charge in [0, 0.05) is 10.9 Å². The van der Waals surface area contributed by atoms with Gasteiger partial charge in [-0.1, -0.05) is 57.5 Å². The van der Waals surface area contributed by atoms with Gasteiger partial charge in [-0.05, 0) is 52.3 Å². The largest absolute Gasteiger partial charge is 0.489 e. The van der Waals surface area contributed by atoms with E-state index in [1.807, 2.05) is 18.2 Å². The molecule has 124 valence electrons. The van der Waals surface area contributed by atoms with Crippen LogP contribution < -0.4 is 4.74 Å². The summed E-state index contributed by atoms with van der Waals surface area (Å²) in [4.78, 5) is 0. The van der Waals surface area contributed by atoms with Crippen molar-refractivity contribution in [1.82, 2.24) is 0 Å². The fourth-order valence-corrected chi connectivity index (χ4v) is 2.98. The second-order valence-corrected chi connectivity index (χ2v) is 7.15. The van der Waals surface area contributed by atoms with Crippen LogP contribution in [0.25, 0.3) is 0 Å². The quantitative estimate of drug-likeness (QED) is 0.514. The Kier molecular flexibility index (Phi) is 6.38. The molecule has 1 nitrogen and oxygen atoms in total. The summed E-state index contributed by atoms with van der Waals surface area (Å²) < 4.78 is 6.16. The van der Waals surface area contributed by atoms with Gasteiger partial charge in [0.1, 0.15) is 12.4 Å². The van der Waals surface area contributed by atoms with Crippen molar-refractivity contribution in [2.24, 2.45) is 0 Å². The van der Waals surface area contributed by atoms with Crippen molar-refractivity contribution in [1.29, 1.82) is 0 Å². The Morgan fingerprint density at radius 3 is 2.26 bits per heavy atom. The molecule has 0 aliphatic heterocycles. The maximum Gasteiger partial charge on any atom is 0.123 e. The normalized spacial score (nSPS) is 11.3. The van der Waals surface area contributed by atoms with Crippen LogP contribution in [0.4, 0.5) is 0 Å². The highest BCUT2D eigenvalue weighted by molar-refractivity contribution is 6.30. The monoisotopic (exact) mass is 350 g/mol. The molecule has 2 rings (SSSR count). The molecular formula is C20H24Cl2O. The van der Waals surface area contributed by atoms with Gasteiger partial charge in [0.2, 0.25) is 0 Å². The number of rotatable bonds is 6. The Balaban J connectivity index is 2.28. The van der Waals surface area contributed by atoms with Crippen LogP contribution >= 0.6 is 23.2 Å². The molecule has 23 heavy (non-hydrogen) atoms. The number of halogens is 2. The summed E-state index contributed by atoms with van der Waals surface area (Å²) in [6, 6.07) is 12.3. The zero-order valence-corrected chi connectivity index (χ0v) is 15.7. The van der Waals surface area contributed by atoms with Crippen molar-refractivity contribution in [2.45, 2.75) is 52.0 Å². The Morgan fingerprint density at radius 1 is 0.913 bits per heavy atom. The van der Waals surface area contributed by atoms with Crippen molar-refractivity contribution < 1.29 is 4.74 Å². The smallest absolute Gasteiger partial charge is 0.123 e. The van der Waals surface area contributed by atoms with Gasteiger partial charge < -0.3 is 4.74 Å². The number of alkyl halides is 1. The van der Waals surface area contributed by atoms with E-state index < -0.39 is 0 Å². The van der Waals surface area contributed by atoms with Crippen LogP contribution in [-0.4, -0.2) is 0 Å². The minimum atomic E-state index is 0.415. The molecule has 0 N–H and O–H groups in total. The molecule has 2 aromatic carbocycles. The molecule has 0 saturated carbocycles. The van der Waals surface area contributed by atoms with Crippen molar-refractivity contribution in [3.05, 3.63) is 63.7 Å². The van der Waals surface area contributed by atoms with Gasteiger partial charge in [0.15, 0.2) is 0 Å². The summed E-state index contributed by atoms with van der Waals surface area (Å²) in [6.45, 7) is 9.22. The Bertz CT molecular complexity index is 663. The van der Waals surface area contributed by atoms with E-state index in [2.05, 4.69) is 45.9 Å². The lowest BCUT2D eigenvalue weighted by molar-refractivity contribution is 0.300. The SMILES string of the molecule is CC(C)c1ccc(C(C)C)c(OCc2cc(Cl)ccc2CCl)c1. The first-order chi connectivity index (χ1) is 10.9. The summed E-state index contributed by atoms with van der Waals surface area (Å²) in [5, 5.41) is 0.706. The summed E-state index contributed by atoms with van der Waals surface area (Å²) in [5.74, 6) is 2.30. The lowest BCUT2D eigenvalue weighted by Gasteiger charge is -2.18. The van der Waals surface area contributed by atoms with E-state index in [0.717, 1.165) is 16.9 Å². The highest BCUT2D eigenvalue weighted by atomic mass is 35.5. The lowest BCUT2D eigenvalue weighted by Crippen LogP contribution is -2.03. The molecule has 0 saturated heterocycles. The summed E-state index contributed by atoms with van der Waals surface area (Å²) in [7, 11) is 0. The van der Waals surface area contributed by atoms with Gasteiger partial charge in [-0.25, -0.2) is 0 Å². The van der Waals surface area contributed by atoms with E-state index in [1.165, 1.54) is 11.1 Å². The molecule has 0 unspecified atom stereocenters. The van der Waals surface area contributed by atoms with Crippen LogP contribution in [0.2, 0.25) is 5.02 Å². The number of benzene rings is 2. The minimum Gasteiger partial charge on any atom is -0.489 e. The number of hydrogen-bond donors (Lipinski definition) is 0. The van der Waals surface area contributed by atoms with Crippen molar-refractivity contribution in [3.8, 4) is 5.75 Å². The highest BCUT2D eigenvalue weighted by Crippen LogP contribution is 2.31. The van der Waals surface area contributed by atoms with E-state index in [4.69, 9.17) is 27.9 Å². The highest BCUT2D eigenvalue weighted by Gasteiger charge is 2.12. The van der Waals surface area contributed by atoms with Crippen LogP contribution in [-0.2, 0) is 12.5 Å². The second-order valence-electron chi connectivity index (χ2n) is 6.44. The van der Waals surface area contributed by atoms with Crippen LogP contribution in [0, 0.1) is 0 Å². The molecule has 0 atom stereocenters. The third-order valence-corrected chi connectivity index (χ3v) is 4.54. The molecule has 0 heterocycles. The molecule has 0 bridgehead atoms. The average molecular weight is 351 g/mol. The van der Waals surface area contributed by atoms with Crippen molar-refractivity contribution in [2.75, 3.05) is 0 Å². The van der Waals surface area contributed by atoms with E-state index in [-0.39, 0.29) is 0 Å². The lowest BCUT2D eigenvalue weighted by atomic mass is 9.96.